The molecule has 16 heavy (non-hydrogen) atoms. The van der Waals surface area contributed by atoms with Crippen LogP contribution in [0.25, 0.3) is 10.4 Å². The summed E-state index contributed by atoms with van der Waals surface area (Å²) in [5.41, 5.74) is 8.27. The molecule has 0 aromatic rings. The molecular formula is C9H16N4O3. The van der Waals surface area contributed by atoms with E-state index >= 15 is 0 Å². The van der Waals surface area contributed by atoms with E-state index in [-0.39, 0.29) is 6.04 Å². The van der Waals surface area contributed by atoms with Gasteiger partial charge in [-0.1, -0.05) is 0 Å². The minimum absolute atomic E-state index is 0.319. The minimum Gasteiger partial charge on any atom is -0.446 e. The number of azide groups is 1. The van der Waals surface area contributed by atoms with Gasteiger partial charge in [0.15, 0.2) is 0 Å². The molecule has 1 aliphatic rings. The summed E-state index contributed by atoms with van der Waals surface area (Å²) in [6.45, 7) is 3.18. The highest BCUT2D eigenvalue weighted by molar-refractivity contribution is 5.64. The first-order valence-electron chi connectivity index (χ1n) is 5.30. The van der Waals surface area contributed by atoms with Gasteiger partial charge in [0, 0.05) is 13.2 Å². The molecule has 1 aliphatic heterocycles. The van der Waals surface area contributed by atoms with E-state index in [1.165, 1.54) is 0 Å². The summed E-state index contributed by atoms with van der Waals surface area (Å²) >= 11 is 0. The first kappa shape index (κ1) is 12.6. The molecule has 0 saturated carbocycles. The molecule has 0 aliphatic carbocycles. The van der Waals surface area contributed by atoms with Gasteiger partial charge in [-0.3, -0.25) is 0 Å². The number of carboxylic acid groups (broad SMARTS) is 1. The molecule has 7 nitrogen and oxygen atoms in total. The zero-order valence-corrected chi connectivity index (χ0v) is 9.24. The molecule has 0 spiro atoms. The van der Waals surface area contributed by atoms with Crippen molar-refractivity contribution >= 4 is 6.09 Å². The van der Waals surface area contributed by atoms with E-state index < -0.39 is 6.09 Å². The summed E-state index contributed by atoms with van der Waals surface area (Å²) in [6, 6.07) is -0.319. The summed E-state index contributed by atoms with van der Waals surface area (Å²) in [7, 11) is 0. The van der Waals surface area contributed by atoms with E-state index in [1.54, 1.807) is 6.92 Å². The Bertz CT molecular complexity index is 282. The van der Waals surface area contributed by atoms with E-state index in [2.05, 4.69) is 10.1 Å². The van der Waals surface area contributed by atoms with Gasteiger partial charge >= 0.3 is 6.09 Å². The van der Waals surface area contributed by atoms with Gasteiger partial charge in [0.1, 0.15) is 6.04 Å². The van der Waals surface area contributed by atoms with Crippen LogP contribution >= 0.6 is 0 Å². The van der Waals surface area contributed by atoms with Gasteiger partial charge in [-0.25, -0.2) is 0 Å². The summed E-state index contributed by atoms with van der Waals surface area (Å²) in [5.74, 6) is 0.347. The largest absolute Gasteiger partial charge is 0.508 e. The number of carbonyl (C=O) groups is 1. The summed E-state index contributed by atoms with van der Waals surface area (Å²) < 4.78 is 5.31. The van der Waals surface area contributed by atoms with Crippen LogP contribution in [-0.4, -0.2) is 35.5 Å². The Morgan fingerprint density at radius 1 is 1.81 bits per heavy atom. The highest BCUT2D eigenvalue weighted by Crippen LogP contribution is 2.21. The highest BCUT2D eigenvalue weighted by atomic mass is 16.5. The fourth-order valence-electron chi connectivity index (χ4n) is 1.93. The number of ether oxygens (including phenoxy) is 1. The molecule has 0 aromatic heterocycles. The van der Waals surface area contributed by atoms with Crippen molar-refractivity contribution in [2.45, 2.75) is 32.2 Å². The van der Waals surface area contributed by atoms with Gasteiger partial charge in [-0.2, -0.15) is 9.71 Å². The maximum absolute atomic E-state index is 10.8. The van der Waals surface area contributed by atoms with Crippen molar-refractivity contribution in [2.75, 3.05) is 13.2 Å². The smallest absolute Gasteiger partial charge is 0.446 e. The average molecular weight is 228 g/mol. The van der Waals surface area contributed by atoms with Gasteiger partial charge < -0.3 is 9.84 Å². The SMILES string of the molecule is C[C@@H](C[C@H]1CCCOC1)N(N=[N+]=[N-])C(=O)O. The number of rotatable bonds is 4. The third kappa shape index (κ3) is 3.60. The summed E-state index contributed by atoms with van der Waals surface area (Å²) in [6.07, 6.45) is 1.48. The lowest BCUT2D eigenvalue weighted by Gasteiger charge is -2.25. The molecule has 1 N–H and O–H groups in total. The van der Waals surface area contributed by atoms with Crippen LogP contribution < -0.4 is 0 Å². The second-order valence-electron chi connectivity index (χ2n) is 3.97. The zero-order chi connectivity index (χ0) is 12.0. The third-order valence-corrected chi connectivity index (χ3v) is 2.68. The highest BCUT2D eigenvalue weighted by Gasteiger charge is 2.27. The molecule has 0 radical (unpaired) electrons. The monoisotopic (exact) mass is 228 g/mol. The number of hydrogen-bond acceptors (Lipinski definition) is 3. The van der Waals surface area contributed by atoms with E-state index in [0.29, 0.717) is 18.9 Å². The van der Waals surface area contributed by atoms with Crippen molar-refractivity contribution in [3.8, 4) is 0 Å². The van der Waals surface area contributed by atoms with E-state index in [0.717, 1.165) is 24.5 Å². The molecule has 1 fully saturated rings. The topological polar surface area (TPSA) is 98.5 Å². The molecule has 0 aromatic carbocycles. The van der Waals surface area contributed by atoms with E-state index in [1.807, 2.05) is 0 Å². The lowest BCUT2D eigenvalue weighted by atomic mass is 9.95. The fourth-order valence-corrected chi connectivity index (χ4v) is 1.93. The molecule has 1 heterocycles. The number of amides is 1. The van der Waals surface area contributed by atoms with Gasteiger partial charge in [0.2, 0.25) is 0 Å². The molecular weight excluding hydrogens is 212 g/mol. The summed E-state index contributed by atoms with van der Waals surface area (Å²) in [4.78, 5) is 13.3. The molecule has 1 amide bonds. The molecule has 2 atom stereocenters. The maximum Gasteiger partial charge on any atom is 0.508 e. The van der Waals surface area contributed by atoms with Crippen LogP contribution in [0.15, 0.2) is 5.22 Å². The van der Waals surface area contributed by atoms with Gasteiger partial charge in [0.25, 0.3) is 0 Å². The molecule has 0 unspecified atom stereocenters. The average Bonchev–Trinajstić information content (AvgIpc) is 2.26. The third-order valence-electron chi connectivity index (χ3n) is 2.68. The van der Waals surface area contributed by atoms with Crippen molar-refractivity contribution in [1.82, 2.24) is 5.01 Å². The van der Waals surface area contributed by atoms with Crippen molar-refractivity contribution in [2.24, 2.45) is 11.1 Å². The van der Waals surface area contributed by atoms with Crippen LogP contribution in [0.2, 0.25) is 0 Å². The Balaban J connectivity index is 2.50. The number of nitrogens with zero attached hydrogens (tertiary/aromatic N) is 4. The molecule has 1 rings (SSSR count). The first-order valence-corrected chi connectivity index (χ1v) is 5.30. The lowest BCUT2D eigenvalue weighted by molar-refractivity contribution is 0.0391. The molecule has 7 heteroatoms. The minimum atomic E-state index is -1.22. The van der Waals surface area contributed by atoms with Crippen LogP contribution in [0, 0.1) is 5.92 Å². The van der Waals surface area contributed by atoms with Crippen molar-refractivity contribution in [3.05, 3.63) is 10.4 Å². The van der Waals surface area contributed by atoms with Gasteiger partial charge in [-0.15, -0.1) is 10.5 Å². The van der Waals surface area contributed by atoms with E-state index in [9.17, 15) is 4.79 Å². The van der Waals surface area contributed by atoms with Crippen LogP contribution in [0.1, 0.15) is 26.2 Å². The molecule has 90 valence electrons. The van der Waals surface area contributed by atoms with Crippen molar-refractivity contribution in [3.63, 3.8) is 0 Å². The Labute approximate surface area is 93.6 Å². The zero-order valence-electron chi connectivity index (χ0n) is 9.24. The Morgan fingerprint density at radius 3 is 3.06 bits per heavy atom. The van der Waals surface area contributed by atoms with Crippen LogP contribution in [0.3, 0.4) is 0 Å². The maximum atomic E-state index is 10.8. The van der Waals surface area contributed by atoms with Crippen molar-refractivity contribution < 1.29 is 14.6 Å². The number of hydrogen-bond donors (Lipinski definition) is 1. The Morgan fingerprint density at radius 2 is 2.56 bits per heavy atom. The summed E-state index contributed by atoms with van der Waals surface area (Å²) in [5, 5.41) is 12.8. The van der Waals surface area contributed by atoms with Gasteiger partial charge in [0.05, 0.1) is 0 Å². The van der Waals surface area contributed by atoms with Crippen molar-refractivity contribution in [1.29, 1.82) is 0 Å². The Kier molecular flexibility index (Phi) is 4.88. The fraction of sp³-hybridized carbons (Fsp3) is 0.889. The Hall–Kier alpha value is -1.46. The molecule has 0 bridgehead atoms. The normalized spacial score (nSPS) is 21.9. The molecule has 1 saturated heterocycles. The van der Waals surface area contributed by atoms with Crippen LogP contribution in [0.5, 0.6) is 0 Å². The second kappa shape index (κ2) is 6.19. The predicted octanol–water partition coefficient (Wildman–Crippen LogP) is 2.40. The standard InChI is InChI=1S/C9H16N4O3/c1-7(13(9(14)15)12-11-10)5-8-3-2-4-16-6-8/h7-8H,2-6H2,1H3,(H,14,15)/t7-,8+/m0/s1. The van der Waals surface area contributed by atoms with E-state index in [4.69, 9.17) is 15.4 Å². The quantitative estimate of drug-likeness (QED) is 0.346. The lowest BCUT2D eigenvalue weighted by Crippen LogP contribution is -2.35. The van der Waals surface area contributed by atoms with Crippen LogP contribution in [-0.2, 0) is 4.74 Å². The van der Waals surface area contributed by atoms with Gasteiger partial charge in [-0.05, 0) is 37.3 Å². The van der Waals surface area contributed by atoms with Crippen LogP contribution in [0.4, 0.5) is 4.79 Å². The predicted molar refractivity (Wildman–Crippen MR) is 56.6 cm³/mol. The first-order chi connectivity index (χ1) is 7.65. The second-order valence-corrected chi connectivity index (χ2v) is 3.97.